The van der Waals surface area contributed by atoms with Crippen LogP contribution < -0.4 is 37.2 Å². The fourth-order valence-electron chi connectivity index (χ4n) is 1.23. The minimum absolute atomic E-state index is 0. The Hall–Kier alpha value is 0.934. The maximum Gasteiger partial charge on any atom is -1.00 e. The summed E-state index contributed by atoms with van der Waals surface area (Å²) in [6.07, 6.45) is 6.05. The molecule has 0 nitrogen and oxygen atoms in total. The maximum atomic E-state index is 2.69. The van der Waals surface area contributed by atoms with Gasteiger partial charge in [0.25, 0.3) is 0 Å². The SMILES string of the molecule is CCCC1=CCC(C)=[C]1[V+3].[Cl-].[Cl-].[Cl-]. The minimum Gasteiger partial charge on any atom is -1.00 e. The van der Waals surface area contributed by atoms with Crippen LogP contribution in [0.1, 0.15) is 33.1 Å². The second-order valence-corrected chi connectivity index (χ2v) is 3.51. The average molecular weight is 279 g/mol. The van der Waals surface area contributed by atoms with Crippen LogP contribution in [0.25, 0.3) is 0 Å². The van der Waals surface area contributed by atoms with Crippen LogP contribution >= 0.6 is 0 Å². The van der Waals surface area contributed by atoms with Gasteiger partial charge in [-0.3, -0.25) is 0 Å². The van der Waals surface area contributed by atoms with Crippen molar-refractivity contribution in [2.75, 3.05) is 0 Å². The molecule has 0 unspecified atom stereocenters. The minimum atomic E-state index is 0. The van der Waals surface area contributed by atoms with Crippen molar-refractivity contribution in [2.45, 2.75) is 33.1 Å². The monoisotopic (exact) mass is 277 g/mol. The summed E-state index contributed by atoms with van der Waals surface area (Å²) in [4.78, 5) is 0. The van der Waals surface area contributed by atoms with Gasteiger partial charge in [0.1, 0.15) is 0 Å². The Kier molecular flexibility index (Phi) is 14.2. The second kappa shape index (κ2) is 9.49. The molecule has 4 heteroatoms. The van der Waals surface area contributed by atoms with E-state index in [0.717, 1.165) is 0 Å². The van der Waals surface area contributed by atoms with Gasteiger partial charge in [0.05, 0.1) is 0 Å². The van der Waals surface area contributed by atoms with Gasteiger partial charge in [-0.2, -0.15) is 0 Å². The molecular formula is C9H13Cl3V. The molecule has 1 aliphatic rings. The van der Waals surface area contributed by atoms with E-state index in [1.54, 1.807) is 5.57 Å². The van der Waals surface area contributed by atoms with E-state index in [1.165, 1.54) is 29.1 Å². The van der Waals surface area contributed by atoms with Crippen molar-refractivity contribution < 1.29 is 54.6 Å². The van der Waals surface area contributed by atoms with Crippen LogP contribution in [-0.4, -0.2) is 0 Å². The fraction of sp³-hybridized carbons (Fsp3) is 0.556. The zero-order valence-corrected chi connectivity index (χ0v) is 11.4. The fourth-order valence-corrected chi connectivity index (χ4v) is 1.69. The van der Waals surface area contributed by atoms with Crippen molar-refractivity contribution in [1.82, 2.24) is 0 Å². The zero-order valence-electron chi connectivity index (χ0n) is 7.78. The maximum absolute atomic E-state index is 2.69. The van der Waals surface area contributed by atoms with Crippen molar-refractivity contribution in [2.24, 2.45) is 0 Å². The van der Waals surface area contributed by atoms with E-state index < -0.39 is 0 Å². The van der Waals surface area contributed by atoms with Gasteiger partial charge in [-0.1, -0.05) is 0 Å². The van der Waals surface area contributed by atoms with E-state index in [4.69, 9.17) is 0 Å². The third-order valence-electron chi connectivity index (χ3n) is 1.88. The standard InChI is InChI=1S/C9H13.3ClH.V/c1-3-4-9-6-5-8(2)7-9;;;;/h6H,3-5H2,1-2H3;3*1H;/q;;;;+3/p-3. The summed E-state index contributed by atoms with van der Waals surface area (Å²) in [6.45, 7) is 4.45. The molecule has 0 N–H and O–H groups in total. The van der Waals surface area contributed by atoms with Crippen LogP contribution in [0.3, 0.4) is 0 Å². The van der Waals surface area contributed by atoms with Crippen molar-refractivity contribution in [3.8, 4) is 0 Å². The number of rotatable bonds is 2. The molecule has 0 bridgehead atoms. The Morgan fingerprint density at radius 1 is 1.31 bits per heavy atom. The van der Waals surface area contributed by atoms with Gasteiger partial charge in [0.2, 0.25) is 0 Å². The number of halogens is 3. The van der Waals surface area contributed by atoms with Crippen LogP contribution in [-0.2, 0) is 17.4 Å². The average Bonchev–Trinajstić information content (AvgIpc) is 2.20. The molecule has 0 saturated heterocycles. The third-order valence-corrected chi connectivity index (χ3v) is 2.93. The van der Waals surface area contributed by atoms with Crippen LogP contribution in [0, 0.1) is 0 Å². The topological polar surface area (TPSA) is 0 Å². The Labute approximate surface area is 109 Å². The van der Waals surface area contributed by atoms with Crippen molar-refractivity contribution in [1.29, 1.82) is 0 Å². The van der Waals surface area contributed by atoms with Crippen LogP contribution in [0.5, 0.6) is 0 Å². The molecule has 0 fully saturated rings. The van der Waals surface area contributed by atoms with E-state index in [9.17, 15) is 0 Å². The van der Waals surface area contributed by atoms with Crippen molar-refractivity contribution in [3.05, 3.63) is 21.5 Å². The summed E-state index contributed by atoms with van der Waals surface area (Å²) in [6, 6.07) is 0. The summed E-state index contributed by atoms with van der Waals surface area (Å²) in [5.74, 6) is 0. The molecule has 0 radical (unpaired) electrons. The smallest absolute Gasteiger partial charge is 1.00 e. The molecule has 0 aromatic rings. The molecule has 0 saturated carbocycles. The van der Waals surface area contributed by atoms with E-state index in [0.29, 0.717) is 0 Å². The van der Waals surface area contributed by atoms with E-state index in [-0.39, 0.29) is 37.2 Å². The predicted molar refractivity (Wildman–Crippen MR) is 40.3 cm³/mol. The Balaban J connectivity index is -0.000000333. The predicted octanol–water partition coefficient (Wildman–Crippen LogP) is -6.05. The van der Waals surface area contributed by atoms with Gasteiger partial charge in [-0.25, -0.2) is 0 Å². The third kappa shape index (κ3) is 5.39. The molecule has 0 aliphatic heterocycles. The number of allylic oxidation sites excluding steroid dienone is 4. The van der Waals surface area contributed by atoms with Crippen molar-refractivity contribution >= 4 is 0 Å². The molecule has 75 valence electrons. The molecule has 0 spiro atoms. The summed E-state index contributed by atoms with van der Waals surface area (Å²) in [7, 11) is 0. The molecule has 1 aliphatic carbocycles. The summed E-state index contributed by atoms with van der Waals surface area (Å²) >= 11 is 2.69. The van der Waals surface area contributed by atoms with Crippen LogP contribution in [0.2, 0.25) is 0 Å². The van der Waals surface area contributed by atoms with Crippen molar-refractivity contribution in [3.63, 3.8) is 0 Å². The van der Waals surface area contributed by atoms with Gasteiger partial charge in [0, 0.05) is 0 Å². The Morgan fingerprint density at radius 2 is 1.85 bits per heavy atom. The first-order valence-electron chi connectivity index (χ1n) is 3.83. The van der Waals surface area contributed by atoms with Gasteiger partial charge in [-0.05, 0) is 0 Å². The van der Waals surface area contributed by atoms with E-state index in [2.05, 4.69) is 37.3 Å². The Morgan fingerprint density at radius 3 is 2.15 bits per heavy atom. The normalized spacial score (nSPS) is 14.0. The summed E-state index contributed by atoms with van der Waals surface area (Å²) < 4.78 is 1.48. The van der Waals surface area contributed by atoms with E-state index >= 15 is 0 Å². The molecule has 13 heavy (non-hydrogen) atoms. The zero-order chi connectivity index (χ0) is 7.56. The molecule has 0 atom stereocenters. The largest absolute Gasteiger partial charge is 1.00 e. The molecular weight excluding hydrogens is 265 g/mol. The summed E-state index contributed by atoms with van der Waals surface area (Å²) in [5.41, 5.74) is 3.09. The molecule has 0 aromatic carbocycles. The molecule has 0 heterocycles. The van der Waals surface area contributed by atoms with Crippen LogP contribution in [0.15, 0.2) is 21.5 Å². The first kappa shape index (κ1) is 19.5. The second-order valence-electron chi connectivity index (χ2n) is 2.81. The van der Waals surface area contributed by atoms with Gasteiger partial charge in [-0.15, -0.1) is 0 Å². The summed E-state index contributed by atoms with van der Waals surface area (Å²) in [5, 5.41) is 0. The van der Waals surface area contributed by atoms with Gasteiger partial charge in [0.15, 0.2) is 0 Å². The van der Waals surface area contributed by atoms with E-state index in [1.807, 2.05) is 0 Å². The van der Waals surface area contributed by atoms with Gasteiger partial charge >= 0.3 is 72.0 Å². The first-order valence-corrected chi connectivity index (χ1v) is 4.53. The Bertz CT molecular complexity index is 197. The number of hydrogen-bond acceptors (Lipinski definition) is 0. The molecule has 0 aromatic heterocycles. The molecule has 0 amide bonds. The van der Waals surface area contributed by atoms with Crippen LogP contribution in [0.4, 0.5) is 0 Å². The molecule has 1 rings (SSSR count). The first-order chi connectivity index (χ1) is 4.75. The quantitative estimate of drug-likeness (QED) is 0.472. The van der Waals surface area contributed by atoms with Gasteiger partial charge < -0.3 is 37.2 Å². The number of hydrogen-bond donors (Lipinski definition) is 0.